The van der Waals surface area contributed by atoms with Gasteiger partial charge in [-0.25, -0.2) is 0 Å². The van der Waals surface area contributed by atoms with E-state index in [2.05, 4.69) is 5.32 Å². The molecule has 5 heteroatoms. The van der Waals surface area contributed by atoms with E-state index in [-0.39, 0.29) is 11.9 Å². The van der Waals surface area contributed by atoms with Crippen LogP contribution in [-0.2, 0) is 4.79 Å². The summed E-state index contributed by atoms with van der Waals surface area (Å²) in [6.45, 7) is 0.776. The topological polar surface area (TPSA) is 41.6 Å². The van der Waals surface area contributed by atoms with Crippen molar-refractivity contribution in [1.29, 1.82) is 0 Å². The first-order chi connectivity index (χ1) is 8.11. The number of likely N-dealkylation sites (N-methyl/N-ethyl adjacent to an activating group) is 1. The van der Waals surface area contributed by atoms with Gasteiger partial charge in [0.15, 0.2) is 0 Å². The standard InChI is InChI=1S/C12H15ClN2O2/c1-15-6-5-10(12(15)16)14-11-7-8(17-2)3-4-9(11)13/h3-4,7,10,14H,5-6H2,1-2H3. The molecule has 1 N–H and O–H groups in total. The molecule has 0 aromatic heterocycles. The molecule has 1 atom stereocenters. The Morgan fingerprint density at radius 2 is 2.29 bits per heavy atom. The number of halogens is 1. The summed E-state index contributed by atoms with van der Waals surface area (Å²) in [4.78, 5) is 13.5. The maximum Gasteiger partial charge on any atom is 0.244 e. The van der Waals surface area contributed by atoms with Crippen molar-refractivity contribution >= 4 is 23.2 Å². The second-order valence-corrected chi connectivity index (χ2v) is 4.50. The van der Waals surface area contributed by atoms with E-state index in [1.54, 1.807) is 37.3 Å². The smallest absolute Gasteiger partial charge is 0.244 e. The Labute approximate surface area is 106 Å². The lowest BCUT2D eigenvalue weighted by molar-refractivity contribution is -0.127. The normalized spacial score (nSPS) is 19.6. The fourth-order valence-corrected chi connectivity index (χ4v) is 2.06. The van der Waals surface area contributed by atoms with Crippen molar-refractivity contribution in [1.82, 2.24) is 4.90 Å². The second kappa shape index (κ2) is 4.84. The van der Waals surface area contributed by atoms with Crippen molar-refractivity contribution < 1.29 is 9.53 Å². The summed E-state index contributed by atoms with van der Waals surface area (Å²) in [5, 5.41) is 3.75. The fraction of sp³-hybridized carbons (Fsp3) is 0.417. The van der Waals surface area contributed by atoms with Crippen LogP contribution in [0, 0.1) is 0 Å². The molecule has 0 radical (unpaired) electrons. The summed E-state index contributed by atoms with van der Waals surface area (Å²) in [7, 11) is 3.40. The monoisotopic (exact) mass is 254 g/mol. The number of hydrogen-bond donors (Lipinski definition) is 1. The summed E-state index contributed by atoms with van der Waals surface area (Å²) >= 11 is 6.07. The van der Waals surface area contributed by atoms with E-state index < -0.39 is 0 Å². The van der Waals surface area contributed by atoms with Gasteiger partial charge in [-0.1, -0.05) is 11.6 Å². The molecular weight excluding hydrogens is 240 g/mol. The third kappa shape index (κ3) is 2.47. The third-order valence-electron chi connectivity index (χ3n) is 2.93. The van der Waals surface area contributed by atoms with Crippen LogP contribution < -0.4 is 10.1 Å². The summed E-state index contributed by atoms with van der Waals surface area (Å²) in [5.41, 5.74) is 0.736. The fourth-order valence-electron chi connectivity index (χ4n) is 1.89. The van der Waals surface area contributed by atoms with E-state index in [1.807, 2.05) is 0 Å². The largest absolute Gasteiger partial charge is 0.497 e. The molecule has 1 aromatic carbocycles. The lowest BCUT2D eigenvalue weighted by atomic mass is 10.2. The van der Waals surface area contributed by atoms with Gasteiger partial charge in [0.05, 0.1) is 17.8 Å². The number of likely N-dealkylation sites (tertiary alicyclic amines) is 1. The van der Waals surface area contributed by atoms with Crippen molar-refractivity contribution in [2.24, 2.45) is 0 Å². The van der Waals surface area contributed by atoms with Crippen LogP contribution in [0.15, 0.2) is 18.2 Å². The Kier molecular flexibility index (Phi) is 3.43. The lowest BCUT2D eigenvalue weighted by Gasteiger charge is -2.15. The van der Waals surface area contributed by atoms with E-state index in [0.29, 0.717) is 5.02 Å². The molecule has 1 aliphatic heterocycles. The SMILES string of the molecule is COc1ccc(Cl)c(NC2CCN(C)C2=O)c1. The first-order valence-electron chi connectivity index (χ1n) is 5.47. The Hall–Kier alpha value is -1.42. The third-order valence-corrected chi connectivity index (χ3v) is 3.26. The highest BCUT2D eigenvalue weighted by atomic mass is 35.5. The van der Waals surface area contributed by atoms with Gasteiger partial charge < -0.3 is 15.0 Å². The Bertz CT molecular complexity index is 437. The zero-order valence-corrected chi connectivity index (χ0v) is 10.6. The lowest BCUT2D eigenvalue weighted by Crippen LogP contribution is -2.31. The van der Waals surface area contributed by atoms with Gasteiger partial charge in [0.1, 0.15) is 11.8 Å². The van der Waals surface area contributed by atoms with Gasteiger partial charge in [0, 0.05) is 19.7 Å². The number of methoxy groups -OCH3 is 1. The molecule has 1 amide bonds. The van der Waals surface area contributed by atoms with Gasteiger partial charge >= 0.3 is 0 Å². The van der Waals surface area contributed by atoms with Gasteiger partial charge in [-0.3, -0.25) is 4.79 Å². The molecular formula is C12H15ClN2O2. The maximum atomic E-state index is 11.8. The number of hydrogen-bond acceptors (Lipinski definition) is 3. The zero-order chi connectivity index (χ0) is 12.4. The van der Waals surface area contributed by atoms with E-state index in [0.717, 1.165) is 24.4 Å². The molecule has 1 saturated heterocycles. The minimum absolute atomic E-state index is 0.101. The van der Waals surface area contributed by atoms with Crippen LogP contribution in [0.3, 0.4) is 0 Å². The summed E-state index contributed by atoms with van der Waals surface area (Å²) in [6.07, 6.45) is 0.795. The van der Waals surface area contributed by atoms with E-state index in [4.69, 9.17) is 16.3 Å². The van der Waals surface area contributed by atoms with E-state index in [9.17, 15) is 4.79 Å². The Balaban J connectivity index is 2.15. The predicted octanol–water partition coefficient (Wildman–Crippen LogP) is 1.99. The number of anilines is 1. The minimum Gasteiger partial charge on any atom is -0.497 e. The number of carbonyl (C=O) groups excluding carboxylic acids is 1. The molecule has 92 valence electrons. The number of rotatable bonds is 3. The Morgan fingerprint density at radius 1 is 1.53 bits per heavy atom. The summed E-state index contributed by atoms with van der Waals surface area (Å²) in [6, 6.07) is 5.15. The molecule has 1 heterocycles. The minimum atomic E-state index is -0.190. The first-order valence-corrected chi connectivity index (χ1v) is 5.84. The highest BCUT2D eigenvalue weighted by Crippen LogP contribution is 2.28. The maximum absolute atomic E-state index is 11.8. The summed E-state index contributed by atoms with van der Waals surface area (Å²) < 4.78 is 5.13. The average molecular weight is 255 g/mol. The molecule has 17 heavy (non-hydrogen) atoms. The molecule has 1 fully saturated rings. The Morgan fingerprint density at radius 3 is 2.88 bits per heavy atom. The van der Waals surface area contributed by atoms with Crippen molar-refractivity contribution in [3.8, 4) is 5.75 Å². The predicted molar refractivity (Wildman–Crippen MR) is 67.7 cm³/mol. The average Bonchev–Trinajstić information content (AvgIpc) is 2.64. The molecule has 0 aliphatic carbocycles. The van der Waals surface area contributed by atoms with Crippen LogP contribution in [0.4, 0.5) is 5.69 Å². The first kappa shape index (κ1) is 12.0. The van der Waals surface area contributed by atoms with Gasteiger partial charge in [-0.15, -0.1) is 0 Å². The van der Waals surface area contributed by atoms with E-state index >= 15 is 0 Å². The van der Waals surface area contributed by atoms with Gasteiger partial charge in [0.2, 0.25) is 5.91 Å². The molecule has 1 aromatic rings. The molecule has 0 spiro atoms. The van der Waals surface area contributed by atoms with Crippen LogP contribution in [0.25, 0.3) is 0 Å². The number of benzene rings is 1. The molecule has 4 nitrogen and oxygen atoms in total. The number of nitrogens with zero attached hydrogens (tertiary/aromatic N) is 1. The van der Waals surface area contributed by atoms with Crippen molar-refractivity contribution in [2.75, 3.05) is 26.0 Å². The number of nitrogens with one attached hydrogen (secondary N) is 1. The van der Waals surface area contributed by atoms with Gasteiger partial charge in [-0.05, 0) is 18.6 Å². The quantitative estimate of drug-likeness (QED) is 0.897. The molecule has 2 rings (SSSR count). The molecule has 0 saturated carbocycles. The summed E-state index contributed by atoms with van der Waals surface area (Å²) in [5.74, 6) is 0.819. The second-order valence-electron chi connectivity index (χ2n) is 4.09. The highest BCUT2D eigenvalue weighted by molar-refractivity contribution is 6.33. The molecule has 0 bridgehead atoms. The number of ether oxygens (including phenoxy) is 1. The number of amides is 1. The van der Waals surface area contributed by atoms with Crippen LogP contribution in [-0.4, -0.2) is 37.6 Å². The number of carbonyl (C=O) groups is 1. The van der Waals surface area contributed by atoms with Gasteiger partial charge in [0.25, 0.3) is 0 Å². The van der Waals surface area contributed by atoms with Crippen LogP contribution in [0.1, 0.15) is 6.42 Å². The van der Waals surface area contributed by atoms with Crippen LogP contribution in [0.2, 0.25) is 5.02 Å². The van der Waals surface area contributed by atoms with Crippen molar-refractivity contribution in [2.45, 2.75) is 12.5 Å². The highest BCUT2D eigenvalue weighted by Gasteiger charge is 2.29. The van der Waals surface area contributed by atoms with Gasteiger partial charge in [-0.2, -0.15) is 0 Å². The van der Waals surface area contributed by atoms with Crippen LogP contribution >= 0.6 is 11.6 Å². The van der Waals surface area contributed by atoms with Crippen molar-refractivity contribution in [3.05, 3.63) is 23.2 Å². The zero-order valence-electron chi connectivity index (χ0n) is 9.87. The van der Waals surface area contributed by atoms with Crippen molar-refractivity contribution in [3.63, 3.8) is 0 Å². The molecule has 1 aliphatic rings. The molecule has 1 unspecified atom stereocenters. The van der Waals surface area contributed by atoms with Crippen LogP contribution in [0.5, 0.6) is 5.75 Å². The van der Waals surface area contributed by atoms with E-state index in [1.165, 1.54) is 0 Å².